The Kier molecular flexibility index (Phi) is 5.17. The summed E-state index contributed by atoms with van der Waals surface area (Å²) in [4.78, 5) is 22.9. The van der Waals surface area contributed by atoms with Gasteiger partial charge in [-0.3, -0.25) is 9.59 Å². The molecule has 5 unspecified atom stereocenters. The lowest BCUT2D eigenvalue weighted by Crippen LogP contribution is -2.46. The smallest absolute Gasteiger partial charge is 0.307 e. The first kappa shape index (κ1) is 15.0. The van der Waals surface area contributed by atoms with Crippen LogP contribution in [0.1, 0.15) is 47.0 Å². The van der Waals surface area contributed by atoms with Crippen LogP contribution in [0, 0.1) is 23.7 Å². The van der Waals surface area contributed by atoms with Crippen molar-refractivity contribution in [3.8, 4) is 0 Å². The Bertz CT molecular complexity index is 316. The molecule has 0 aromatic heterocycles. The molecule has 104 valence electrons. The first-order valence-corrected chi connectivity index (χ1v) is 6.86. The molecule has 1 aliphatic rings. The molecule has 0 aromatic carbocycles. The Morgan fingerprint density at radius 1 is 1.17 bits per heavy atom. The molecule has 0 bridgehead atoms. The highest BCUT2D eigenvalue weighted by atomic mass is 16.4. The van der Waals surface area contributed by atoms with Crippen LogP contribution in [0.15, 0.2) is 0 Å². The van der Waals surface area contributed by atoms with Crippen LogP contribution in [0.2, 0.25) is 0 Å². The number of carboxylic acids is 1. The van der Waals surface area contributed by atoms with Gasteiger partial charge in [-0.1, -0.05) is 27.7 Å². The van der Waals surface area contributed by atoms with Crippen molar-refractivity contribution in [1.82, 2.24) is 5.32 Å². The monoisotopic (exact) mass is 255 g/mol. The van der Waals surface area contributed by atoms with E-state index in [2.05, 4.69) is 19.2 Å². The Hall–Kier alpha value is -1.06. The summed E-state index contributed by atoms with van der Waals surface area (Å²) in [6.07, 6.45) is 3.27. The standard InChI is InChI=1S/C14H25NO3/c1-8-5-6-12(9(2)7-8)15-13(16)10(3)11(4)14(17)18/h8-12H,5-7H2,1-4H3,(H,15,16)(H,17,18). The number of carboxylic acid groups (broad SMARTS) is 1. The quantitative estimate of drug-likeness (QED) is 0.810. The zero-order chi connectivity index (χ0) is 13.9. The number of hydrogen-bond donors (Lipinski definition) is 2. The van der Waals surface area contributed by atoms with Crippen LogP contribution < -0.4 is 5.32 Å². The number of nitrogens with one attached hydrogen (secondary N) is 1. The van der Waals surface area contributed by atoms with Crippen molar-refractivity contribution in [1.29, 1.82) is 0 Å². The predicted octanol–water partition coefficient (Wildman–Crippen LogP) is 2.28. The fourth-order valence-corrected chi connectivity index (χ4v) is 2.63. The van der Waals surface area contributed by atoms with Gasteiger partial charge in [-0.25, -0.2) is 0 Å². The summed E-state index contributed by atoms with van der Waals surface area (Å²) in [7, 11) is 0. The van der Waals surface area contributed by atoms with Crippen LogP contribution in [-0.2, 0) is 9.59 Å². The largest absolute Gasteiger partial charge is 0.481 e. The van der Waals surface area contributed by atoms with E-state index >= 15 is 0 Å². The average Bonchev–Trinajstić information content (AvgIpc) is 2.30. The molecule has 1 saturated carbocycles. The minimum atomic E-state index is -0.914. The van der Waals surface area contributed by atoms with Crippen LogP contribution in [0.25, 0.3) is 0 Å². The van der Waals surface area contributed by atoms with Gasteiger partial charge >= 0.3 is 5.97 Å². The first-order valence-electron chi connectivity index (χ1n) is 6.86. The van der Waals surface area contributed by atoms with Gasteiger partial charge in [0.2, 0.25) is 5.91 Å². The molecule has 1 rings (SSSR count). The van der Waals surface area contributed by atoms with Gasteiger partial charge in [-0.2, -0.15) is 0 Å². The minimum absolute atomic E-state index is 0.128. The fourth-order valence-electron chi connectivity index (χ4n) is 2.63. The molecule has 0 radical (unpaired) electrons. The minimum Gasteiger partial charge on any atom is -0.481 e. The van der Waals surface area contributed by atoms with Gasteiger partial charge in [0.1, 0.15) is 0 Å². The van der Waals surface area contributed by atoms with E-state index in [9.17, 15) is 9.59 Å². The fraction of sp³-hybridized carbons (Fsp3) is 0.857. The normalized spacial score (nSPS) is 31.4. The lowest BCUT2D eigenvalue weighted by Gasteiger charge is -2.34. The summed E-state index contributed by atoms with van der Waals surface area (Å²) in [5.74, 6) is -0.954. The van der Waals surface area contributed by atoms with Crippen LogP contribution in [-0.4, -0.2) is 23.0 Å². The van der Waals surface area contributed by atoms with Crippen molar-refractivity contribution >= 4 is 11.9 Å². The summed E-state index contributed by atoms with van der Waals surface area (Å²) >= 11 is 0. The average molecular weight is 255 g/mol. The topological polar surface area (TPSA) is 66.4 Å². The lowest BCUT2D eigenvalue weighted by molar-refractivity contribution is -0.146. The third kappa shape index (κ3) is 3.72. The van der Waals surface area contributed by atoms with Gasteiger partial charge in [0, 0.05) is 12.0 Å². The third-order valence-electron chi connectivity index (χ3n) is 4.31. The maximum absolute atomic E-state index is 12.0. The van der Waals surface area contributed by atoms with Crippen molar-refractivity contribution in [2.24, 2.45) is 23.7 Å². The molecule has 4 nitrogen and oxygen atoms in total. The summed E-state index contributed by atoms with van der Waals surface area (Å²) in [5.41, 5.74) is 0. The summed E-state index contributed by atoms with van der Waals surface area (Å²) < 4.78 is 0. The zero-order valence-electron chi connectivity index (χ0n) is 11.8. The van der Waals surface area contributed by atoms with E-state index < -0.39 is 17.8 Å². The molecular weight excluding hydrogens is 230 g/mol. The van der Waals surface area contributed by atoms with Crippen molar-refractivity contribution in [3.05, 3.63) is 0 Å². The molecule has 0 aromatic rings. The molecule has 1 aliphatic carbocycles. The van der Waals surface area contributed by atoms with Crippen molar-refractivity contribution in [2.45, 2.75) is 53.0 Å². The molecule has 0 spiro atoms. The Morgan fingerprint density at radius 3 is 2.28 bits per heavy atom. The Labute approximate surface area is 109 Å². The van der Waals surface area contributed by atoms with Gasteiger partial charge in [0.05, 0.1) is 5.92 Å². The maximum Gasteiger partial charge on any atom is 0.307 e. The molecular formula is C14H25NO3. The van der Waals surface area contributed by atoms with Gasteiger partial charge in [-0.15, -0.1) is 0 Å². The van der Waals surface area contributed by atoms with Gasteiger partial charge in [0.15, 0.2) is 0 Å². The van der Waals surface area contributed by atoms with E-state index in [1.807, 2.05) is 0 Å². The number of carbonyl (C=O) groups excluding carboxylic acids is 1. The highest BCUT2D eigenvalue weighted by molar-refractivity contribution is 5.84. The van der Waals surface area contributed by atoms with E-state index in [1.54, 1.807) is 13.8 Å². The first-order chi connectivity index (χ1) is 8.32. The second kappa shape index (κ2) is 6.21. The summed E-state index contributed by atoms with van der Waals surface area (Å²) in [5, 5.41) is 11.9. The molecule has 18 heavy (non-hydrogen) atoms. The molecule has 0 heterocycles. The second-order valence-electron chi connectivity index (χ2n) is 5.93. The highest BCUT2D eigenvalue weighted by Gasteiger charge is 2.31. The van der Waals surface area contributed by atoms with Crippen molar-refractivity contribution < 1.29 is 14.7 Å². The lowest BCUT2D eigenvalue weighted by atomic mass is 9.79. The zero-order valence-corrected chi connectivity index (χ0v) is 11.8. The molecule has 4 heteroatoms. The van der Waals surface area contributed by atoms with Crippen LogP contribution in [0.4, 0.5) is 0 Å². The molecule has 2 N–H and O–H groups in total. The van der Waals surface area contributed by atoms with Crippen LogP contribution in [0.5, 0.6) is 0 Å². The van der Waals surface area contributed by atoms with Crippen LogP contribution in [0.3, 0.4) is 0 Å². The molecule has 0 aliphatic heterocycles. The number of hydrogen-bond acceptors (Lipinski definition) is 2. The third-order valence-corrected chi connectivity index (χ3v) is 4.31. The van der Waals surface area contributed by atoms with E-state index in [-0.39, 0.29) is 11.9 Å². The van der Waals surface area contributed by atoms with Crippen LogP contribution >= 0.6 is 0 Å². The Morgan fingerprint density at radius 2 is 1.78 bits per heavy atom. The van der Waals surface area contributed by atoms with E-state index in [1.165, 1.54) is 0 Å². The summed E-state index contributed by atoms with van der Waals surface area (Å²) in [6, 6.07) is 0.206. The number of aliphatic carboxylic acids is 1. The molecule has 5 atom stereocenters. The molecule has 0 saturated heterocycles. The van der Waals surface area contributed by atoms with Crippen molar-refractivity contribution in [3.63, 3.8) is 0 Å². The van der Waals surface area contributed by atoms with Crippen molar-refractivity contribution in [2.75, 3.05) is 0 Å². The predicted molar refractivity (Wildman–Crippen MR) is 70.1 cm³/mol. The number of amides is 1. The number of rotatable bonds is 4. The Balaban J connectivity index is 2.51. The SMILES string of the molecule is CC1CCC(NC(=O)C(C)C(C)C(=O)O)C(C)C1. The highest BCUT2D eigenvalue weighted by Crippen LogP contribution is 2.29. The second-order valence-corrected chi connectivity index (χ2v) is 5.93. The molecule has 1 amide bonds. The van der Waals surface area contributed by atoms with E-state index in [0.29, 0.717) is 5.92 Å². The van der Waals surface area contributed by atoms with E-state index in [0.717, 1.165) is 25.2 Å². The summed E-state index contributed by atoms with van der Waals surface area (Å²) in [6.45, 7) is 7.67. The van der Waals surface area contributed by atoms with Gasteiger partial charge in [0.25, 0.3) is 0 Å². The van der Waals surface area contributed by atoms with E-state index in [4.69, 9.17) is 5.11 Å². The molecule has 1 fully saturated rings. The van der Waals surface area contributed by atoms with Gasteiger partial charge in [-0.05, 0) is 31.1 Å². The number of carbonyl (C=O) groups is 2. The maximum atomic E-state index is 12.0. The van der Waals surface area contributed by atoms with Gasteiger partial charge < -0.3 is 10.4 Å².